The molecule has 0 aliphatic carbocycles. The predicted molar refractivity (Wildman–Crippen MR) is 124 cm³/mol. The Morgan fingerprint density at radius 2 is 2.03 bits per heavy atom. The molecule has 1 aromatic carbocycles. The van der Waals surface area contributed by atoms with Crippen molar-refractivity contribution in [2.45, 2.75) is 45.3 Å². The van der Waals surface area contributed by atoms with Gasteiger partial charge >= 0.3 is 5.97 Å². The highest BCUT2D eigenvalue weighted by Gasteiger charge is 2.41. The third-order valence-corrected chi connectivity index (χ3v) is 6.69. The molecule has 0 N–H and O–H groups in total. The van der Waals surface area contributed by atoms with Gasteiger partial charge in [0.25, 0.3) is 5.56 Å². The Labute approximate surface area is 195 Å². The van der Waals surface area contributed by atoms with Gasteiger partial charge in [-0.25, -0.2) is 4.98 Å². The number of carbonyl (C=O) groups is 2. The third-order valence-electron chi connectivity index (χ3n) is 5.94. The van der Waals surface area contributed by atoms with Crippen LogP contribution in [0.2, 0.25) is 0 Å². The fourth-order valence-electron chi connectivity index (χ4n) is 4.22. The second-order valence-electron chi connectivity index (χ2n) is 8.05. The van der Waals surface area contributed by atoms with Gasteiger partial charge in [0.1, 0.15) is 12.4 Å². The number of piperidine rings is 1. The van der Waals surface area contributed by atoms with E-state index in [1.54, 1.807) is 18.7 Å². The average molecular weight is 470 g/mol. The number of amides is 1. The summed E-state index contributed by atoms with van der Waals surface area (Å²) in [5, 5.41) is 1.78. The largest absolute Gasteiger partial charge is 0.497 e. The van der Waals surface area contributed by atoms with Crippen LogP contribution in [0.25, 0.3) is 4.96 Å². The summed E-state index contributed by atoms with van der Waals surface area (Å²) in [5.74, 6) is -0.134. The lowest BCUT2D eigenvalue weighted by Crippen LogP contribution is -2.46. The number of aromatic nitrogens is 2. The number of nitrogens with zero attached hydrogens (tertiary/aromatic N) is 3. The predicted octanol–water partition coefficient (Wildman–Crippen LogP) is 3.59. The molecule has 2 aromatic heterocycles. The van der Waals surface area contributed by atoms with E-state index in [2.05, 4.69) is 11.9 Å². The maximum absolute atomic E-state index is 13.2. The highest BCUT2D eigenvalue weighted by Crippen LogP contribution is 2.38. The van der Waals surface area contributed by atoms with E-state index in [9.17, 15) is 14.4 Å². The highest BCUT2D eigenvalue weighted by molar-refractivity contribution is 7.15. The molecule has 1 aliphatic heterocycles. The number of ether oxygens (including phenoxy) is 2. The highest BCUT2D eigenvalue weighted by atomic mass is 32.1. The van der Waals surface area contributed by atoms with Crippen molar-refractivity contribution in [1.82, 2.24) is 14.3 Å². The molecule has 1 saturated heterocycles. The number of thiazole rings is 1. The Kier molecular flexibility index (Phi) is 7.08. The lowest BCUT2D eigenvalue weighted by atomic mass is 9.84. The van der Waals surface area contributed by atoms with E-state index < -0.39 is 17.9 Å². The van der Waals surface area contributed by atoms with Crippen LogP contribution in [0.3, 0.4) is 0 Å². The van der Waals surface area contributed by atoms with Gasteiger partial charge in [-0.1, -0.05) is 25.5 Å². The Bertz CT molecular complexity index is 1190. The number of benzene rings is 1. The summed E-state index contributed by atoms with van der Waals surface area (Å²) < 4.78 is 12.3. The van der Waals surface area contributed by atoms with E-state index in [4.69, 9.17) is 9.47 Å². The van der Waals surface area contributed by atoms with Gasteiger partial charge in [0.2, 0.25) is 5.91 Å². The van der Waals surface area contributed by atoms with Crippen LogP contribution in [0.4, 0.5) is 0 Å². The molecule has 9 heteroatoms. The molecule has 174 valence electrons. The summed E-state index contributed by atoms with van der Waals surface area (Å²) in [6.07, 6.45) is 4.18. The Hall–Kier alpha value is -3.20. The molecular formula is C24H27N3O5S. The number of unbranched alkanes of at least 4 members (excludes halogenated alkanes) is 1. The molecule has 1 fully saturated rings. The van der Waals surface area contributed by atoms with Crippen molar-refractivity contribution in [3.63, 3.8) is 0 Å². The summed E-state index contributed by atoms with van der Waals surface area (Å²) >= 11 is 1.34. The number of rotatable bonds is 8. The summed E-state index contributed by atoms with van der Waals surface area (Å²) in [6, 6.07) is 8.44. The van der Waals surface area contributed by atoms with Crippen LogP contribution in [0.15, 0.2) is 46.7 Å². The van der Waals surface area contributed by atoms with Gasteiger partial charge < -0.3 is 14.4 Å². The molecule has 33 heavy (non-hydrogen) atoms. The van der Waals surface area contributed by atoms with Crippen molar-refractivity contribution in [3.05, 3.63) is 63.5 Å². The first-order valence-corrected chi connectivity index (χ1v) is 12.0. The molecule has 1 aliphatic rings. The SMILES string of the molecule is CCCCN1C(=O)CC[C@H](C(=O)OCc2cc(=O)n3ccsc3n2)[C@H]1c1ccc(OC)cc1. The Morgan fingerprint density at radius 1 is 1.24 bits per heavy atom. The molecule has 3 heterocycles. The molecule has 0 saturated carbocycles. The minimum atomic E-state index is -0.500. The second-order valence-corrected chi connectivity index (χ2v) is 8.93. The molecule has 3 aromatic rings. The van der Waals surface area contributed by atoms with Crippen LogP contribution in [-0.4, -0.2) is 39.8 Å². The Morgan fingerprint density at radius 3 is 2.76 bits per heavy atom. The second kappa shape index (κ2) is 10.2. The summed E-state index contributed by atoms with van der Waals surface area (Å²) in [6.45, 7) is 2.57. The van der Waals surface area contributed by atoms with Gasteiger partial charge in [-0.05, 0) is 30.5 Å². The van der Waals surface area contributed by atoms with Crippen molar-refractivity contribution in [2.24, 2.45) is 5.92 Å². The van der Waals surface area contributed by atoms with E-state index >= 15 is 0 Å². The number of hydrogen-bond acceptors (Lipinski definition) is 7. The maximum Gasteiger partial charge on any atom is 0.311 e. The topological polar surface area (TPSA) is 90.2 Å². The van der Waals surface area contributed by atoms with Gasteiger partial charge in [0.15, 0.2) is 4.96 Å². The van der Waals surface area contributed by atoms with Gasteiger partial charge in [0.05, 0.1) is 24.8 Å². The minimum Gasteiger partial charge on any atom is -0.497 e. The Balaban J connectivity index is 1.57. The number of fused-ring (bicyclic) bond motifs is 1. The zero-order valence-electron chi connectivity index (χ0n) is 18.7. The molecule has 0 unspecified atom stereocenters. The molecule has 4 rings (SSSR count). The van der Waals surface area contributed by atoms with Crippen molar-refractivity contribution >= 4 is 28.2 Å². The van der Waals surface area contributed by atoms with Crippen molar-refractivity contribution in [3.8, 4) is 5.75 Å². The monoisotopic (exact) mass is 469 g/mol. The van der Waals surface area contributed by atoms with E-state index in [1.165, 1.54) is 21.8 Å². The van der Waals surface area contributed by atoms with Crippen LogP contribution in [0.5, 0.6) is 5.75 Å². The van der Waals surface area contributed by atoms with Gasteiger partial charge in [-0.2, -0.15) is 0 Å². The molecule has 0 spiro atoms. The van der Waals surface area contributed by atoms with Crippen molar-refractivity contribution in [1.29, 1.82) is 0 Å². The lowest BCUT2D eigenvalue weighted by Gasteiger charge is -2.40. The molecule has 1 amide bonds. The molecular weight excluding hydrogens is 442 g/mol. The van der Waals surface area contributed by atoms with Crippen LogP contribution < -0.4 is 10.3 Å². The normalized spacial score (nSPS) is 18.5. The van der Waals surface area contributed by atoms with Crippen LogP contribution in [0.1, 0.15) is 49.9 Å². The summed E-state index contributed by atoms with van der Waals surface area (Å²) in [5.41, 5.74) is 1.07. The molecule has 8 nitrogen and oxygen atoms in total. The number of likely N-dealkylation sites (tertiary alicyclic amines) is 1. The zero-order valence-corrected chi connectivity index (χ0v) is 19.5. The fourth-order valence-corrected chi connectivity index (χ4v) is 4.96. The van der Waals surface area contributed by atoms with Crippen LogP contribution in [-0.2, 0) is 20.9 Å². The van der Waals surface area contributed by atoms with E-state index in [0.29, 0.717) is 35.8 Å². The van der Waals surface area contributed by atoms with E-state index in [-0.39, 0.29) is 18.1 Å². The first-order chi connectivity index (χ1) is 16.0. The fraction of sp³-hybridized carbons (Fsp3) is 0.417. The standard InChI is InChI=1S/C24H27N3O5S/c1-3-4-11-26-20(28)10-9-19(22(26)16-5-7-18(31-2)8-6-16)23(30)32-15-17-14-21(29)27-12-13-33-24(27)25-17/h5-8,12-14,19,22H,3-4,9-11,15H2,1-2H3/t19-,22+/m0/s1. The quantitative estimate of drug-likeness (QED) is 0.469. The van der Waals surface area contributed by atoms with Gasteiger partial charge in [-0.15, -0.1) is 11.3 Å². The molecule has 0 radical (unpaired) electrons. The van der Waals surface area contributed by atoms with E-state index in [0.717, 1.165) is 18.4 Å². The average Bonchev–Trinajstić information content (AvgIpc) is 3.31. The van der Waals surface area contributed by atoms with Crippen molar-refractivity contribution < 1.29 is 19.1 Å². The van der Waals surface area contributed by atoms with Gasteiger partial charge in [0, 0.05) is 30.6 Å². The van der Waals surface area contributed by atoms with E-state index in [1.807, 2.05) is 29.2 Å². The number of esters is 1. The maximum atomic E-state index is 13.2. The lowest BCUT2D eigenvalue weighted by molar-refractivity contribution is -0.158. The van der Waals surface area contributed by atoms with Crippen molar-refractivity contribution in [2.75, 3.05) is 13.7 Å². The van der Waals surface area contributed by atoms with Crippen LogP contribution in [0, 0.1) is 5.92 Å². The zero-order chi connectivity index (χ0) is 23.4. The third kappa shape index (κ3) is 4.93. The van der Waals surface area contributed by atoms with Crippen LogP contribution >= 0.6 is 11.3 Å². The summed E-state index contributed by atoms with van der Waals surface area (Å²) in [7, 11) is 1.60. The first kappa shape index (κ1) is 23.0. The molecule has 0 bridgehead atoms. The smallest absolute Gasteiger partial charge is 0.311 e. The number of methoxy groups -OCH3 is 1. The summed E-state index contributed by atoms with van der Waals surface area (Å²) in [4.78, 5) is 45.0. The number of hydrogen-bond donors (Lipinski definition) is 0. The van der Waals surface area contributed by atoms with Gasteiger partial charge in [-0.3, -0.25) is 18.8 Å². The minimum absolute atomic E-state index is 0.0474. The first-order valence-electron chi connectivity index (χ1n) is 11.1. The number of carbonyl (C=O) groups excluding carboxylic acids is 2. The molecule has 2 atom stereocenters.